The number of carbonyl (C=O) groups is 1. The lowest BCUT2D eigenvalue weighted by Crippen LogP contribution is -2.48. The number of carbonyl (C=O) groups excluding carboxylic acids is 1. The number of piperazine rings is 1. The van der Waals surface area contributed by atoms with Crippen LogP contribution in [0.3, 0.4) is 0 Å². The first-order valence-corrected chi connectivity index (χ1v) is 11.2. The van der Waals surface area contributed by atoms with Crippen LogP contribution in [0.25, 0.3) is 0 Å². The van der Waals surface area contributed by atoms with Crippen LogP contribution in [-0.4, -0.2) is 51.7 Å². The van der Waals surface area contributed by atoms with E-state index in [9.17, 15) is 9.18 Å². The minimum absolute atomic E-state index is 0.0472. The zero-order chi connectivity index (χ0) is 22.0. The van der Waals surface area contributed by atoms with Crippen LogP contribution >= 0.6 is 15.9 Å². The molecule has 0 spiro atoms. The molecule has 0 N–H and O–H groups in total. The Balaban J connectivity index is 1.33. The van der Waals surface area contributed by atoms with Gasteiger partial charge in [0.2, 0.25) is 0 Å². The van der Waals surface area contributed by atoms with Crippen LogP contribution in [-0.2, 0) is 13.1 Å². The summed E-state index contributed by atoms with van der Waals surface area (Å²) in [4.78, 5) is 17.0. The van der Waals surface area contributed by atoms with Crippen molar-refractivity contribution in [3.63, 3.8) is 0 Å². The van der Waals surface area contributed by atoms with Crippen molar-refractivity contribution in [2.24, 2.45) is 0 Å². The molecule has 3 aromatic rings. The average Bonchev–Trinajstić information content (AvgIpc) is 3.02. The van der Waals surface area contributed by atoms with Crippen molar-refractivity contribution in [3.8, 4) is 0 Å². The molecule has 1 aromatic heterocycles. The number of amides is 1. The van der Waals surface area contributed by atoms with Crippen molar-refractivity contribution in [3.05, 3.63) is 86.9 Å². The molecule has 2 aromatic carbocycles. The number of aromatic nitrogens is 2. The molecule has 1 amide bonds. The topological polar surface area (TPSA) is 41.4 Å². The lowest BCUT2D eigenvalue weighted by atomic mass is 10.1. The molecule has 5 nitrogen and oxygen atoms in total. The number of rotatable bonds is 5. The van der Waals surface area contributed by atoms with Crippen LogP contribution in [0.2, 0.25) is 0 Å². The summed E-state index contributed by atoms with van der Waals surface area (Å²) in [5.41, 5.74) is 4.56. The van der Waals surface area contributed by atoms with Crippen molar-refractivity contribution >= 4 is 21.8 Å². The van der Waals surface area contributed by atoms with Crippen molar-refractivity contribution in [2.45, 2.75) is 26.9 Å². The van der Waals surface area contributed by atoms with E-state index in [4.69, 9.17) is 0 Å². The van der Waals surface area contributed by atoms with Gasteiger partial charge in [0.25, 0.3) is 5.91 Å². The van der Waals surface area contributed by atoms with Gasteiger partial charge in [-0.2, -0.15) is 5.10 Å². The van der Waals surface area contributed by atoms with Gasteiger partial charge in [0.05, 0.1) is 22.4 Å². The fourth-order valence-corrected chi connectivity index (χ4v) is 4.20. The van der Waals surface area contributed by atoms with E-state index < -0.39 is 0 Å². The van der Waals surface area contributed by atoms with Crippen LogP contribution in [0.4, 0.5) is 4.39 Å². The highest BCUT2D eigenvalue weighted by molar-refractivity contribution is 9.10. The first-order valence-electron chi connectivity index (χ1n) is 10.5. The van der Waals surface area contributed by atoms with Crippen LogP contribution in [0.15, 0.2) is 53.0 Å². The molecule has 0 atom stereocenters. The van der Waals surface area contributed by atoms with Gasteiger partial charge in [-0.1, -0.05) is 30.3 Å². The predicted molar refractivity (Wildman–Crippen MR) is 123 cm³/mol. The fourth-order valence-electron chi connectivity index (χ4n) is 3.91. The summed E-state index contributed by atoms with van der Waals surface area (Å²) in [5, 5.41) is 4.54. The van der Waals surface area contributed by atoms with E-state index in [0.29, 0.717) is 37.3 Å². The predicted octanol–water partition coefficient (Wildman–Crippen LogP) is 4.41. The van der Waals surface area contributed by atoms with Gasteiger partial charge in [0.1, 0.15) is 5.82 Å². The smallest absolute Gasteiger partial charge is 0.253 e. The molecular weight excluding hydrogens is 459 g/mol. The number of benzene rings is 2. The maximum Gasteiger partial charge on any atom is 0.253 e. The Morgan fingerprint density at radius 3 is 2.29 bits per heavy atom. The van der Waals surface area contributed by atoms with E-state index in [1.807, 2.05) is 59.8 Å². The maximum absolute atomic E-state index is 13.9. The molecule has 0 unspecified atom stereocenters. The van der Waals surface area contributed by atoms with Gasteiger partial charge in [-0.3, -0.25) is 14.4 Å². The Morgan fingerprint density at radius 1 is 1.00 bits per heavy atom. The Hall–Kier alpha value is -2.51. The number of hydrogen-bond donors (Lipinski definition) is 0. The third-order valence-electron chi connectivity index (χ3n) is 5.84. The SMILES string of the molecule is Cc1nn(Cc2ccc(C(=O)N3CCN(Cc4ccccc4F)CC3)cc2)c(C)c1Br. The molecule has 1 aliphatic heterocycles. The van der Waals surface area contributed by atoms with Gasteiger partial charge in [0.15, 0.2) is 0 Å². The molecule has 1 saturated heterocycles. The molecule has 0 bridgehead atoms. The summed E-state index contributed by atoms with van der Waals surface area (Å²) in [6.45, 7) is 8.03. The van der Waals surface area contributed by atoms with E-state index in [0.717, 1.165) is 34.5 Å². The molecule has 1 fully saturated rings. The van der Waals surface area contributed by atoms with Crippen molar-refractivity contribution in [1.29, 1.82) is 0 Å². The average molecular weight is 485 g/mol. The van der Waals surface area contributed by atoms with Gasteiger partial charge in [-0.25, -0.2) is 4.39 Å². The first-order chi connectivity index (χ1) is 14.9. The maximum atomic E-state index is 13.9. The van der Waals surface area contributed by atoms with Gasteiger partial charge in [0, 0.05) is 43.9 Å². The molecule has 162 valence electrons. The standard InChI is InChI=1S/C24H26BrFN4O/c1-17-23(25)18(2)30(27-17)15-19-7-9-20(10-8-19)24(31)29-13-11-28(12-14-29)16-21-5-3-4-6-22(21)26/h3-10H,11-16H2,1-2H3. The second kappa shape index (κ2) is 9.32. The van der Waals surface area contributed by atoms with Crippen LogP contribution in [0.1, 0.15) is 32.9 Å². The fraction of sp³-hybridized carbons (Fsp3) is 0.333. The second-order valence-corrected chi connectivity index (χ2v) is 8.79. The number of aryl methyl sites for hydroxylation is 1. The molecule has 0 radical (unpaired) electrons. The number of nitrogens with zero attached hydrogens (tertiary/aromatic N) is 4. The molecule has 7 heteroatoms. The second-order valence-electron chi connectivity index (χ2n) is 8.00. The van der Waals surface area contributed by atoms with Crippen molar-refractivity contribution < 1.29 is 9.18 Å². The zero-order valence-corrected chi connectivity index (χ0v) is 19.4. The Morgan fingerprint density at radius 2 is 1.68 bits per heavy atom. The molecule has 0 saturated carbocycles. The number of hydrogen-bond acceptors (Lipinski definition) is 3. The third-order valence-corrected chi connectivity index (χ3v) is 6.99. The Bertz CT molecular complexity index is 1070. The third kappa shape index (κ3) is 4.88. The normalized spacial score (nSPS) is 14.8. The summed E-state index contributed by atoms with van der Waals surface area (Å²) in [6, 6.07) is 14.6. The Kier molecular flexibility index (Phi) is 6.53. The van der Waals surface area contributed by atoms with Gasteiger partial charge in [-0.05, 0) is 53.5 Å². The molecule has 1 aliphatic rings. The highest BCUT2D eigenvalue weighted by Gasteiger charge is 2.22. The van der Waals surface area contributed by atoms with Gasteiger partial charge >= 0.3 is 0 Å². The lowest BCUT2D eigenvalue weighted by molar-refractivity contribution is 0.0627. The van der Waals surface area contributed by atoms with Crippen molar-refractivity contribution in [1.82, 2.24) is 19.6 Å². The quantitative estimate of drug-likeness (QED) is 0.538. The van der Waals surface area contributed by atoms with E-state index in [2.05, 4.69) is 25.9 Å². The molecule has 31 heavy (non-hydrogen) atoms. The van der Waals surface area contributed by atoms with Gasteiger partial charge < -0.3 is 4.90 Å². The monoisotopic (exact) mass is 484 g/mol. The summed E-state index contributed by atoms with van der Waals surface area (Å²) in [5.74, 6) is -0.125. The highest BCUT2D eigenvalue weighted by atomic mass is 79.9. The molecular formula is C24H26BrFN4O. The summed E-state index contributed by atoms with van der Waals surface area (Å²) in [7, 11) is 0. The molecule has 0 aliphatic carbocycles. The molecule has 4 rings (SSSR count). The summed E-state index contributed by atoms with van der Waals surface area (Å²) < 4.78 is 16.9. The lowest BCUT2D eigenvalue weighted by Gasteiger charge is -2.34. The highest BCUT2D eigenvalue weighted by Crippen LogP contribution is 2.21. The van der Waals surface area contributed by atoms with Gasteiger partial charge in [-0.15, -0.1) is 0 Å². The van der Waals surface area contributed by atoms with Crippen molar-refractivity contribution in [2.75, 3.05) is 26.2 Å². The first kappa shape index (κ1) is 21.7. The van der Waals surface area contributed by atoms with E-state index in [1.54, 1.807) is 6.07 Å². The van der Waals surface area contributed by atoms with E-state index in [1.165, 1.54) is 6.07 Å². The minimum atomic E-state index is -0.172. The van der Waals surface area contributed by atoms with Crippen LogP contribution in [0, 0.1) is 19.7 Å². The van der Waals surface area contributed by atoms with E-state index in [-0.39, 0.29) is 11.7 Å². The summed E-state index contributed by atoms with van der Waals surface area (Å²) in [6.07, 6.45) is 0. The molecule has 2 heterocycles. The Labute approximate surface area is 190 Å². The largest absolute Gasteiger partial charge is 0.336 e. The minimum Gasteiger partial charge on any atom is -0.336 e. The van der Waals surface area contributed by atoms with E-state index >= 15 is 0 Å². The van der Waals surface area contributed by atoms with Crippen LogP contribution < -0.4 is 0 Å². The summed E-state index contributed by atoms with van der Waals surface area (Å²) >= 11 is 3.56. The number of halogens is 2. The van der Waals surface area contributed by atoms with Crippen LogP contribution in [0.5, 0.6) is 0 Å². The zero-order valence-electron chi connectivity index (χ0n) is 17.8.